The van der Waals surface area contributed by atoms with E-state index in [0.717, 1.165) is 11.1 Å². The first-order chi connectivity index (χ1) is 12.0. The van der Waals surface area contributed by atoms with Gasteiger partial charge in [0.1, 0.15) is 6.04 Å². The minimum absolute atomic E-state index is 0.0626. The van der Waals surface area contributed by atoms with Crippen molar-refractivity contribution in [3.63, 3.8) is 0 Å². The van der Waals surface area contributed by atoms with E-state index in [4.69, 9.17) is 5.73 Å². The summed E-state index contributed by atoms with van der Waals surface area (Å²) in [7, 11) is 0. The number of piperidine rings is 1. The summed E-state index contributed by atoms with van der Waals surface area (Å²) in [6, 6.07) is 4.64. The fraction of sp³-hybridized carbons (Fsp3) is 0.471. The number of carbonyl (C=O) groups excluding carboxylic acids is 3. The second-order valence-electron chi connectivity index (χ2n) is 6.34. The SMILES string of the molecule is NC[C@H](CO)NCc1cccc2c1CN(C1CCC(=O)NC1=O)C2=O. The molecule has 0 radical (unpaired) electrons. The van der Waals surface area contributed by atoms with E-state index in [1.165, 1.54) is 4.90 Å². The largest absolute Gasteiger partial charge is 0.395 e. The highest BCUT2D eigenvalue weighted by atomic mass is 16.3. The summed E-state index contributed by atoms with van der Waals surface area (Å²) >= 11 is 0. The highest BCUT2D eigenvalue weighted by Crippen LogP contribution is 2.29. The highest BCUT2D eigenvalue weighted by molar-refractivity contribution is 6.05. The van der Waals surface area contributed by atoms with Crippen LogP contribution < -0.4 is 16.4 Å². The minimum atomic E-state index is -0.618. The van der Waals surface area contributed by atoms with Crippen LogP contribution in [0.1, 0.15) is 34.3 Å². The molecule has 1 unspecified atom stereocenters. The number of carbonyl (C=O) groups is 3. The maximum absolute atomic E-state index is 12.7. The van der Waals surface area contributed by atoms with Crippen molar-refractivity contribution in [3.8, 4) is 0 Å². The molecule has 2 aliphatic rings. The summed E-state index contributed by atoms with van der Waals surface area (Å²) in [4.78, 5) is 37.6. The zero-order valence-corrected chi connectivity index (χ0v) is 13.8. The summed E-state index contributed by atoms with van der Waals surface area (Å²) in [6.45, 7) is 1.06. The molecule has 0 spiro atoms. The summed E-state index contributed by atoms with van der Waals surface area (Å²) < 4.78 is 0. The molecule has 3 amide bonds. The molecule has 2 heterocycles. The molecular weight excluding hydrogens is 324 g/mol. The molecule has 2 aliphatic heterocycles. The molecule has 0 saturated carbocycles. The minimum Gasteiger partial charge on any atom is -0.395 e. The van der Waals surface area contributed by atoms with Crippen molar-refractivity contribution < 1.29 is 19.5 Å². The Morgan fingerprint density at radius 3 is 2.84 bits per heavy atom. The van der Waals surface area contributed by atoms with Crippen LogP contribution in [0.2, 0.25) is 0 Å². The number of aliphatic hydroxyl groups is 1. The van der Waals surface area contributed by atoms with Crippen LogP contribution in [0.4, 0.5) is 0 Å². The molecule has 8 heteroatoms. The Morgan fingerprint density at radius 1 is 1.36 bits per heavy atom. The van der Waals surface area contributed by atoms with Gasteiger partial charge in [-0.05, 0) is 23.6 Å². The first-order valence-electron chi connectivity index (χ1n) is 8.35. The summed E-state index contributed by atoms with van der Waals surface area (Å²) in [5, 5.41) is 14.7. The van der Waals surface area contributed by atoms with E-state index in [9.17, 15) is 19.5 Å². The van der Waals surface area contributed by atoms with E-state index in [2.05, 4.69) is 10.6 Å². The molecule has 0 aromatic heterocycles. The molecule has 1 aromatic carbocycles. The van der Waals surface area contributed by atoms with Gasteiger partial charge in [-0.15, -0.1) is 0 Å². The first kappa shape index (κ1) is 17.5. The van der Waals surface area contributed by atoms with E-state index in [1.54, 1.807) is 12.1 Å². The van der Waals surface area contributed by atoms with Crippen LogP contribution in [0.5, 0.6) is 0 Å². The monoisotopic (exact) mass is 346 g/mol. The van der Waals surface area contributed by atoms with E-state index in [0.29, 0.717) is 31.6 Å². The van der Waals surface area contributed by atoms with Crippen LogP contribution in [0.25, 0.3) is 0 Å². The number of imide groups is 1. The molecule has 134 valence electrons. The molecule has 1 fully saturated rings. The normalized spacial score (nSPS) is 21.3. The third-order valence-corrected chi connectivity index (χ3v) is 4.77. The van der Waals surface area contributed by atoms with Gasteiger partial charge in [-0.25, -0.2) is 0 Å². The van der Waals surface area contributed by atoms with E-state index in [-0.39, 0.29) is 30.9 Å². The Kier molecular flexibility index (Phi) is 5.12. The molecule has 1 saturated heterocycles. The lowest BCUT2D eigenvalue weighted by atomic mass is 10.0. The lowest BCUT2D eigenvalue weighted by Crippen LogP contribution is -2.52. The zero-order valence-electron chi connectivity index (χ0n) is 13.8. The second-order valence-corrected chi connectivity index (χ2v) is 6.34. The lowest BCUT2D eigenvalue weighted by Gasteiger charge is -2.29. The smallest absolute Gasteiger partial charge is 0.255 e. The third-order valence-electron chi connectivity index (χ3n) is 4.77. The van der Waals surface area contributed by atoms with Gasteiger partial charge in [0.25, 0.3) is 5.91 Å². The van der Waals surface area contributed by atoms with Gasteiger partial charge in [0.05, 0.1) is 6.61 Å². The Labute approximate surface area is 145 Å². The third kappa shape index (κ3) is 3.41. The van der Waals surface area contributed by atoms with Crippen molar-refractivity contribution in [1.82, 2.24) is 15.5 Å². The summed E-state index contributed by atoms with van der Waals surface area (Å²) in [5.74, 6) is -0.906. The molecule has 8 nitrogen and oxygen atoms in total. The quantitative estimate of drug-likeness (QED) is 0.483. The van der Waals surface area contributed by atoms with Gasteiger partial charge in [0.2, 0.25) is 11.8 Å². The number of benzene rings is 1. The van der Waals surface area contributed by atoms with Crippen LogP contribution >= 0.6 is 0 Å². The van der Waals surface area contributed by atoms with Crippen molar-refractivity contribution in [2.75, 3.05) is 13.2 Å². The lowest BCUT2D eigenvalue weighted by molar-refractivity contribution is -0.136. The molecule has 0 aliphatic carbocycles. The van der Waals surface area contributed by atoms with Crippen molar-refractivity contribution in [2.45, 2.75) is 38.0 Å². The molecule has 2 atom stereocenters. The molecule has 3 rings (SSSR count). The van der Waals surface area contributed by atoms with E-state index < -0.39 is 11.9 Å². The maximum atomic E-state index is 12.7. The van der Waals surface area contributed by atoms with Crippen molar-refractivity contribution >= 4 is 17.7 Å². The summed E-state index contributed by atoms with van der Waals surface area (Å²) in [5.41, 5.74) is 7.96. The van der Waals surface area contributed by atoms with Gasteiger partial charge in [-0.2, -0.15) is 0 Å². The van der Waals surface area contributed by atoms with Gasteiger partial charge in [-0.3, -0.25) is 19.7 Å². The van der Waals surface area contributed by atoms with Crippen LogP contribution in [0, 0.1) is 0 Å². The van der Waals surface area contributed by atoms with Gasteiger partial charge in [-0.1, -0.05) is 12.1 Å². The highest BCUT2D eigenvalue weighted by Gasteiger charge is 2.39. The maximum Gasteiger partial charge on any atom is 0.255 e. The Bertz CT molecular complexity index is 702. The van der Waals surface area contributed by atoms with Gasteiger partial charge in [0, 0.05) is 37.7 Å². The number of amides is 3. The van der Waals surface area contributed by atoms with Crippen molar-refractivity contribution in [1.29, 1.82) is 0 Å². The second kappa shape index (κ2) is 7.30. The average molecular weight is 346 g/mol. The van der Waals surface area contributed by atoms with Crippen LogP contribution in [-0.2, 0) is 22.7 Å². The fourth-order valence-corrected chi connectivity index (χ4v) is 3.29. The number of nitrogens with two attached hydrogens (primary N) is 1. The number of rotatable bonds is 6. The number of hydrogen-bond acceptors (Lipinski definition) is 6. The Morgan fingerprint density at radius 2 is 2.16 bits per heavy atom. The standard InChI is InChI=1S/C17H22N4O4/c18-6-11(9-22)19-7-10-2-1-3-12-13(10)8-21(17(12)25)14-4-5-15(23)20-16(14)24/h1-3,11,14,19,22H,4-9,18H2,(H,20,23,24)/t11-,14?/m1/s1. The van der Waals surface area contributed by atoms with E-state index in [1.807, 2.05) is 6.07 Å². The molecule has 1 aromatic rings. The van der Waals surface area contributed by atoms with Gasteiger partial charge < -0.3 is 21.1 Å². The van der Waals surface area contributed by atoms with Crippen molar-refractivity contribution in [2.24, 2.45) is 5.73 Å². The topological polar surface area (TPSA) is 125 Å². The number of aliphatic hydroxyl groups excluding tert-OH is 1. The van der Waals surface area contributed by atoms with Crippen LogP contribution in [-0.4, -0.2) is 53.0 Å². The number of hydrogen-bond donors (Lipinski definition) is 4. The fourth-order valence-electron chi connectivity index (χ4n) is 3.29. The van der Waals surface area contributed by atoms with Crippen LogP contribution in [0.3, 0.4) is 0 Å². The number of nitrogens with one attached hydrogen (secondary N) is 2. The molecule has 0 bridgehead atoms. The predicted molar refractivity (Wildman–Crippen MR) is 89.3 cm³/mol. The van der Waals surface area contributed by atoms with Gasteiger partial charge in [0.15, 0.2) is 0 Å². The number of nitrogens with zero attached hydrogens (tertiary/aromatic N) is 1. The van der Waals surface area contributed by atoms with Crippen LogP contribution in [0.15, 0.2) is 18.2 Å². The van der Waals surface area contributed by atoms with Gasteiger partial charge >= 0.3 is 0 Å². The predicted octanol–water partition coefficient (Wildman–Crippen LogP) is -1.14. The average Bonchev–Trinajstić information content (AvgIpc) is 2.93. The van der Waals surface area contributed by atoms with E-state index >= 15 is 0 Å². The first-order valence-corrected chi connectivity index (χ1v) is 8.35. The molecular formula is C17H22N4O4. The Balaban J connectivity index is 1.78. The van der Waals surface area contributed by atoms with Crippen molar-refractivity contribution in [3.05, 3.63) is 34.9 Å². The zero-order chi connectivity index (χ0) is 18.0. The summed E-state index contributed by atoms with van der Waals surface area (Å²) in [6.07, 6.45) is 0.581. The molecule has 5 N–H and O–H groups in total. The molecule has 25 heavy (non-hydrogen) atoms. The Hall–Kier alpha value is -2.29. The number of fused-ring (bicyclic) bond motifs is 1.